The lowest BCUT2D eigenvalue weighted by Crippen LogP contribution is -2.27. The minimum absolute atomic E-state index is 0.225. The minimum Gasteiger partial charge on any atom is -0.396 e. The zero-order chi connectivity index (χ0) is 15.8. The van der Waals surface area contributed by atoms with Crippen molar-refractivity contribution in [2.75, 3.05) is 5.73 Å². The van der Waals surface area contributed by atoms with Crippen molar-refractivity contribution in [3.8, 4) is 0 Å². The molecule has 0 spiro atoms. The largest absolute Gasteiger partial charge is 0.396 e. The number of benzene rings is 1. The van der Waals surface area contributed by atoms with E-state index in [4.69, 9.17) is 17.3 Å². The smallest absolute Gasteiger partial charge is 0.242 e. The van der Waals surface area contributed by atoms with Gasteiger partial charge in [0.1, 0.15) is 15.7 Å². The van der Waals surface area contributed by atoms with Crippen LogP contribution in [0.2, 0.25) is 5.02 Å². The maximum Gasteiger partial charge on any atom is 0.242 e. The topological polar surface area (TPSA) is 85.1 Å². The Kier molecular flexibility index (Phi) is 4.52. The summed E-state index contributed by atoms with van der Waals surface area (Å²) in [5.41, 5.74) is 5.12. The van der Waals surface area contributed by atoms with Crippen LogP contribution in [0.25, 0.3) is 0 Å². The first-order valence-corrected chi connectivity index (χ1v) is 8.57. The van der Waals surface area contributed by atoms with Crippen molar-refractivity contribution < 1.29 is 12.8 Å². The molecule has 1 heterocycles. The highest BCUT2D eigenvalue weighted by atomic mass is 35.5. The molecule has 2 rings (SSSR count). The Bertz CT molecular complexity index is 777. The number of aromatic nitrogens is 1. The van der Waals surface area contributed by atoms with Crippen molar-refractivity contribution in [1.82, 2.24) is 9.71 Å². The normalized spacial score (nSPS) is 13.3. The summed E-state index contributed by atoms with van der Waals surface area (Å²) in [7, 11) is -3.93. The van der Waals surface area contributed by atoms with Gasteiger partial charge in [0.2, 0.25) is 10.0 Å². The van der Waals surface area contributed by atoms with Crippen LogP contribution in [0.1, 0.15) is 22.9 Å². The molecule has 0 saturated carbocycles. The van der Waals surface area contributed by atoms with Crippen LogP contribution in [0.15, 0.2) is 23.2 Å². The number of nitrogen functional groups attached to an aromatic ring is 1. The number of halogens is 2. The predicted molar refractivity (Wildman–Crippen MR) is 81.4 cm³/mol. The summed E-state index contributed by atoms with van der Waals surface area (Å²) in [6.07, 6.45) is 1.66. The first-order chi connectivity index (χ1) is 9.70. The van der Waals surface area contributed by atoms with E-state index in [1.54, 1.807) is 13.1 Å². The summed E-state index contributed by atoms with van der Waals surface area (Å²) in [5, 5.41) is 0.402. The maximum atomic E-state index is 13.2. The Hall–Kier alpha value is -1.22. The Labute approximate surface area is 131 Å². The van der Waals surface area contributed by atoms with Gasteiger partial charge in [0.05, 0.1) is 16.8 Å². The van der Waals surface area contributed by atoms with E-state index >= 15 is 0 Å². The molecule has 0 aliphatic heterocycles. The van der Waals surface area contributed by atoms with Crippen LogP contribution in [0.3, 0.4) is 0 Å². The Morgan fingerprint density at radius 1 is 1.48 bits per heavy atom. The number of thiazole rings is 1. The molecular formula is C12H13ClFN3O2S2. The Balaban J connectivity index is 2.32. The number of nitrogens with two attached hydrogens (primary N) is 1. The van der Waals surface area contributed by atoms with Crippen LogP contribution in [-0.2, 0) is 10.0 Å². The van der Waals surface area contributed by atoms with Gasteiger partial charge in [0.15, 0.2) is 0 Å². The number of hydrogen-bond donors (Lipinski definition) is 2. The van der Waals surface area contributed by atoms with Crippen molar-refractivity contribution in [2.24, 2.45) is 0 Å². The number of anilines is 1. The molecule has 114 valence electrons. The fourth-order valence-electron chi connectivity index (χ4n) is 1.67. The first kappa shape index (κ1) is 16.2. The quantitative estimate of drug-likeness (QED) is 0.831. The summed E-state index contributed by atoms with van der Waals surface area (Å²) < 4.78 is 40.3. The third kappa shape index (κ3) is 3.52. The predicted octanol–water partition coefficient (Wildman–Crippen LogP) is 2.87. The van der Waals surface area contributed by atoms with Crippen LogP contribution in [0, 0.1) is 12.7 Å². The van der Waals surface area contributed by atoms with Crippen LogP contribution >= 0.6 is 22.9 Å². The van der Waals surface area contributed by atoms with E-state index in [2.05, 4.69) is 9.71 Å². The van der Waals surface area contributed by atoms with Gasteiger partial charge in [-0.05, 0) is 26.0 Å². The van der Waals surface area contributed by atoms with E-state index in [9.17, 15) is 12.8 Å². The molecule has 1 atom stereocenters. The van der Waals surface area contributed by atoms with E-state index in [1.165, 1.54) is 11.3 Å². The molecule has 1 aromatic heterocycles. The van der Waals surface area contributed by atoms with Crippen molar-refractivity contribution in [1.29, 1.82) is 0 Å². The maximum absolute atomic E-state index is 13.2. The number of sulfonamides is 1. The lowest BCUT2D eigenvalue weighted by atomic mass is 10.3. The number of hydrogen-bond acceptors (Lipinski definition) is 5. The highest BCUT2D eigenvalue weighted by Gasteiger charge is 2.24. The number of nitrogens with one attached hydrogen (secondary N) is 1. The molecule has 0 bridgehead atoms. The Morgan fingerprint density at radius 3 is 2.71 bits per heavy atom. The van der Waals surface area contributed by atoms with Crippen molar-refractivity contribution in [3.05, 3.63) is 39.1 Å². The molecule has 5 nitrogen and oxygen atoms in total. The third-order valence-corrected chi connectivity index (χ3v) is 5.78. The molecule has 0 amide bonds. The molecule has 0 radical (unpaired) electrons. The van der Waals surface area contributed by atoms with Crippen molar-refractivity contribution in [3.63, 3.8) is 0 Å². The van der Waals surface area contributed by atoms with Gasteiger partial charge in [-0.25, -0.2) is 22.5 Å². The summed E-state index contributed by atoms with van der Waals surface area (Å²) in [4.78, 5) is 4.83. The lowest BCUT2D eigenvalue weighted by molar-refractivity contribution is 0.566. The molecule has 2 aromatic rings. The van der Waals surface area contributed by atoms with Gasteiger partial charge < -0.3 is 5.73 Å². The summed E-state index contributed by atoms with van der Waals surface area (Å²) >= 11 is 7.18. The molecule has 1 unspecified atom stereocenters. The second-order valence-corrected chi connectivity index (χ2v) is 7.81. The third-order valence-electron chi connectivity index (χ3n) is 2.68. The van der Waals surface area contributed by atoms with E-state index in [1.807, 2.05) is 6.92 Å². The molecule has 21 heavy (non-hydrogen) atoms. The SMILES string of the molecule is Cc1cnc(C(C)NS(=O)(=O)c2cc(N)c(F)cc2Cl)s1. The second kappa shape index (κ2) is 5.88. The van der Waals surface area contributed by atoms with Crippen molar-refractivity contribution >= 4 is 38.6 Å². The number of rotatable bonds is 4. The standard InChI is InChI=1S/C12H13ClFN3O2S2/c1-6-5-16-12(20-6)7(2)17-21(18,19)11-4-10(15)9(14)3-8(11)13/h3-5,7,17H,15H2,1-2H3. The highest BCUT2D eigenvalue weighted by Crippen LogP contribution is 2.28. The average molecular weight is 350 g/mol. The van der Waals surface area contributed by atoms with Gasteiger partial charge in [-0.1, -0.05) is 11.6 Å². The van der Waals surface area contributed by atoms with Gasteiger partial charge in [-0.2, -0.15) is 0 Å². The zero-order valence-electron chi connectivity index (χ0n) is 11.2. The zero-order valence-corrected chi connectivity index (χ0v) is 13.6. The van der Waals surface area contributed by atoms with Crippen LogP contribution in [-0.4, -0.2) is 13.4 Å². The monoisotopic (exact) mass is 349 g/mol. The molecule has 0 saturated heterocycles. The average Bonchev–Trinajstić information content (AvgIpc) is 2.80. The molecule has 1 aromatic carbocycles. The molecule has 0 aliphatic rings. The number of aryl methyl sites for hydroxylation is 1. The molecule has 3 N–H and O–H groups in total. The fraction of sp³-hybridized carbons (Fsp3) is 0.250. The number of nitrogens with zero attached hydrogens (tertiary/aromatic N) is 1. The summed E-state index contributed by atoms with van der Waals surface area (Å²) in [5.74, 6) is -0.762. The first-order valence-electron chi connectivity index (χ1n) is 5.90. The fourth-order valence-corrected chi connectivity index (χ4v) is 4.28. The van der Waals surface area contributed by atoms with Gasteiger partial charge >= 0.3 is 0 Å². The molecule has 0 aliphatic carbocycles. The molecule has 0 fully saturated rings. The van der Waals surface area contributed by atoms with Gasteiger partial charge in [0, 0.05) is 11.1 Å². The molecule has 9 heteroatoms. The van der Waals surface area contributed by atoms with E-state index in [0.29, 0.717) is 5.01 Å². The minimum atomic E-state index is -3.93. The summed E-state index contributed by atoms with van der Waals surface area (Å²) in [6, 6.07) is 1.35. The van der Waals surface area contributed by atoms with Crippen LogP contribution in [0.5, 0.6) is 0 Å². The second-order valence-electron chi connectivity index (χ2n) is 4.46. The van der Waals surface area contributed by atoms with E-state index in [0.717, 1.165) is 17.0 Å². The lowest BCUT2D eigenvalue weighted by Gasteiger charge is -2.13. The van der Waals surface area contributed by atoms with E-state index < -0.39 is 21.9 Å². The molecular weight excluding hydrogens is 337 g/mol. The summed E-state index contributed by atoms with van der Waals surface area (Å²) in [6.45, 7) is 3.54. The van der Waals surface area contributed by atoms with Crippen LogP contribution in [0.4, 0.5) is 10.1 Å². The van der Waals surface area contributed by atoms with Gasteiger partial charge in [0.25, 0.3) is 0 Å². The Morgan fingerprint density at radius 2 is 2.14 bits per heavy atom. The van der Waals surface area contributed by atoms with Gasteiger partial charge in [-0.15, -0.1) is 11.3 Å². The van der Waals surface area contributed by atoms with E-state index in [-0.39, 0.29) is 15.6 Å². The van der Waals surface area contributed by atoms with Crippen LogP contribution < -0.4 is 10.5 Å². The van der Waals surface area contributed by atoms with Gasteiger partial charge in [-0.3, -0.25) is 0 Å². The van der Waals surface area contributed by atoms with Crippen molar-refractivity contribution in [2.45, 2.75) is 24.8 Å². The highest BCUT2D eigenvalue weighted by molar-refractivity contribution is 7.89.